The molecule has 1 aromatic heterocycles. The maximum Gasteiger partial charge on any atom is 0.248 e. The summed E-state index contributed by atoms with van der Waals surface area (Å²) < 4.78 is 2.01. The summed E-state index contributed by atoms with van der Waals surface area (Å²) >= 11 is 1.31. The Labute approximate surface area is 151 Å². The molecule has 2 amide bonds. The quantitative estimate of drug-likeness (QED) is 0.552. The van der Waals surface area contributed by atoms with Crippen LogP contribution >= 0.6 is 11.8 Å². The number of carbonyl (C=O) groups excluding carboxylic acids is 2. The summed E-state index contributed by atoms with van der Waals surface area (Å²) in [5.74, 6) is 0.556. The molecule has 2 aromatic rings. The lowest BCUT2D eigenvalue weighted by Gasteiger charge is -2.08. The molecule has 0 spiro atoms. The standard InChI is InChI=1S/C17H23N5O2S/c1-3-8-14-18-21-17(22(14)4-2)25-12-16(24)20-19-15(23)11-13-9-6-5-7-10-13/h5-7,9-10H,3-4,8,11-12H2,1-2H3,(H,19,23)(H,20,24). The molecular weight excluding hydrogens is 338 g/mol. The second-order valence-electron chi connectivity index (χ2n) is 5.44. The molecule has 0 atom stereocenters. The predicted molar refractivity (Wildman–Crippen MR) is 96.8 cm³/mol. The highest BCUT2D eigenvalue weighted by Crippen LogP contribution is 2.17. The van der Waals surface area contributed by atoms with Gasteiger partial charge >= 0.3 is 0 Å². The van der Waals surface area contributed by atoms with Crippen molar-refractivity contribution in [3.05, 3.63) is 41.7 Å². The number of rotatable bonds is 8. The summed E-state index contributed by atoms with van der Waals surface area (Å²) in [5.41, 5.74) is 5.74. The van der Waals surface area contributed by atoms with Crippen LogP contribution in [0, 0.1) is 0 Å². The highest BCUT2D eigenvalue weighted by molar-refractivity contribution is 7.99. The molecule has 1 heterocycles. The molecule has 7 nitrogen and oxygen atoms in total. The molecule has 0 bridgehead atoms. The van der Waals surface area contributed by atoms with Crippen LogP contribution in [0.3, 0.4) is 0 Å². The van der Waals surface area contributed by atoms with Gasteiger partial charge < -0.3 is 4.57 Å². The molecule has 8 heteroatoms. The van der Waals surface area contributed by atoms with E-state index in [4.69, 9.17) is 0 Å². The van der Waals surface area contributed by atoms with Crippen molar-refractivity contribution in [2.75, 3.05) is 5.75 Å². The van der Waals surface area contributed by atoms with Gasteiger partial charge in [0.15, 0.2) is 5.16 Å². The molecule has 0 radical (unpaired) electrons. The van der Waals surface area contributed by atoms with E-state index in [0.717, 1.165) is 35.9 Å². The van der Waals surface area contributed by atoms with Crippen LogP contribution < -0.4 is 10.9 Å². The Morgan fingerprint density at radius 1 is 1.08 bits per heavy atom. The van der Waals surface area contributed by atoms with Crippen molar-refractivity contribution < 1.29 is 9.59 Å². The third kappa shape index (κ3) is 5.90. The first-order chi connectivity index (χ1) is 12.1. The summed E-state index contributed by atoms with van der Waals surface area (Å²) in [6.07, 6.45) is 2.08. The number of amides is 2. The molecule has 0 aliphatic carbocycles. The van der Waals surface area contributed by atoms with Crippen molar-refractivity contribution in [2.45, 2.75) is 44.8 Å². The van der Waals surface area contributed by atoms with Crippen molar-refractivity contribution in [3.63, 3.8) is 0 Å². The lowest BCUT2D eigenvalue weighted by Crippen LogP contribution is -2.43. The van der Waals surface area contributed by atoms with Crippen LogP contribution in [0.1, 0.15) is 31.7 Å². The van der Waals surface area contributed by atoms with Crippen LogP contribution in [0.15, 0.2) is 35.5 Å². The van der Waals surface area contributed by atoms with Crippen molar-refractivity contribution >= 4 is 23.6 Å². The van der Waals surface area contributed by atoms with E-state index in [-0.39, 0.29) is 24.0 Å². The summed E-state index contributed by atoms with van der Waals surface area (Å²) in [5, 5.41) is 9.02. The Hall–Kier alpha value is -2.35. The molecule has 2 rings (SSSR count). The van der Waals surface area contributed by atoms with E-state index in [1.807, 2.05) is 41.8 Å². The van der Waals surface area contributed by atoms with Gasteiger partial charge in [0, 0.05) is 13.0 Å². The molecular formula is C17H23N5O2S. The summed E-state index contributed by atoms with van der Waals surface area (Å²) in [6, 6.07) is 9.36. The average molecular weight is 361 g/mol. The first-order valence-corrected chi connectivity index (χ1v) is 9.29. The summed E-state index contributed by atoms with van der Waals surface area (Å²) in [7, 11) is 0. The zero-order valence-electron chi connectivity index (χ0n) is 14.5. The number of hydrazine groups is 1. The van der Waals surface area contributed by atoms with Gasteiger partial charge in [-0.2, -0.15) is 0 Å². The zero-order chi connectivity index (χ0) is 18.1. The highest BCUT2D eigenvalue weighted by atomic mass is 32.2. The number of aromatic nitrogens is 3. The molecule has 25 heavy (non-hydrogen) atoms. The normalized spacial score (nSPS) is 10.5. The number of benzene rings is 1. The van der Waals surface area contributed by atoms with Gasteiger partial charge in [-0.05, 0) is 18.9 Å². The molecule has 0 fully saturated rings. The van der Waals surface area contributed by atoms with Gasteiger partial charge in [0.2, 0.25) is 11.8 Å². The molecule has 0 saturated carbocycles. The van der Waals surface area contributed by atoms with E-state index in [9.17, 15) is 9.59 Å². The lowest BCUT2D eigenvalue weighted by atomic mass is 10.1. The van der Waals surface area contributed by atoms with Gasteiger partial charge in [0.1, 0.15) is 5.82 Å². The fraction of sp³-hybridized carbons (Fsp3) is 0.412. The fourth-order valence-corrected chi connectivity index (χ4v) is 3.10. The van der Waals surface area contributed by atoms with Crippen LogP contribution in [-0.4, -0.2) is 32.3 Å². The number of nitrogens with zero attached hydrogens (tertiary/aromatic N) is 3. The van der Waals surface area contributed by atoms with Crippen molar-refractivity contribution in [2.24, 2.45) is 0 Å². The van der Waals surface area contributed by atoms with Crippen LogP contribution in [0.2, 0.25) is 0 Å². The minimum atomic E-state index is -0.283. The first kappa shape index (κ1) is 19.0. The van der Waals surface area contributed by atoms with Crippen LogP contribution in [0.4, 0.5) is 0 Å². The van der Waals surface area contributed by atoms with Gasteiger partial charge in [-0.1, -0.05) is 49.0 Å². The number of hydrogen-bond acceptors (Lipinski definition) is 5. The van der Waals surface area contributed by atoms with Crippen molar-refractivity contribution in [1.82, 2.24) is 25.6 Å². The first-order valence-electron chi connectivity index (χ1n) is 8.30. The largest absolute Gasteiger partial charge is 0.306 e. The Morgan fingerprint density at radius 2 is 1.80 bits per heavy atom. The van der Waals surface area contributed by atoms with Gasteiger partial charge in [-0.3, -0.25) is 20.4 Å². The maximum absolute atomic E-state index is 11.9. The number of carbonyl (C=O) groups is 2. The fourth-order valence-electron chi connectivity index (χ4n) is 2.28. The van der Waals surface area contributed by atoms with E-state index in [2.05, 4.69) is 28.0 Å². The second-order valence-corrected chi connectivity index (χ2v) is 6.38. The van der Waals surface area contributed by atoms with Gasteiger partial charge in [-0.25, -0.2) is 0 Å². The van der Waals surface area contributed by atoms with Gasteiger partial charge in [0.25, 0.3) is 0 Å². The second kappa shape index (κ2) is 9.83. The van der Waals surface area contributed by atoms with E-state index in [1.165, 1.54) is 11.8 Å². The highest BCUT2D eigenvalue weighted by Gasteiger charge is 2.13. The van der Waals surface area contributed by atoms with Crippen LogP contribution in [-0.2, 0) is 29.0 Å². The molecule has 0 aliphatic heterocycles. The van der Waals surface area contributed by atoms with E-state index < -0.39 is 0 Å². The minimum absolute atomic E-state index is 0.163. The third-order valence-corrected chi connectivity index (χ3v) is 4.43. The van der Waals surface area contributed by atoms with Gasteiger partial charge in [0.05, 0.1) is 12.2 Å². The Bertz CT molecular complexity index is 702. The third-order valence-electron chi connectivity index (χ3n) is 3.46. The van der Waals surface area contributed by atoms with Crippen molar-refractivity contribution in [3.8, 4) is 0 Å². The van der Waals surface area contributed by atoms with Crippen molar-refractivity contribution in [1.29, 1.82) is 0 Å². The molecule has 134 valence electrons. The van der Waals surface area contributed by atoms with Crippen LogP contribution in [0.25, 0.3) is 0 Å². The Morgan fingerprint density at radius 3 is 2.48 bits per heavy atom. The molecule has 0 saturated heterocycles. The lowest BCUT2D eigenvalue weighted by molar-refractivity contribution is -0.127. The van der Waals surface area contributed by atoms with E-state index >= 15 is 0 Å². The summed E-state index contributed by atoms with van der Waals surface area (Å²) in [6.45, 7) is 4.88. The molecule has 0 unspecified atom stereocenters. The van der Waals surface area contributed by atoms with E-state index in [1.54, 1.807) is 0 Å². The Balaban J connectivity index is 1.76. The van der Waals surface area contributed by atoms with E-state index in [0.29, 0.717) is 0 Å². The summed E-state index contributed by atoms with van der Waals surface area (Å²) in [4.78, 5) is 23.7. The monoisotopic (exact) mass is 361 g/mol. The number of nitrogens with one attached hydrogen (secondary N) is 2. The smallest absolute Gasteiger partial charge is 0.248 e. The van der Waals surface area contributed by atoms with Gasteiger partial charge in [-0.15, -0.1) is 10.2 Å². The molecule has 1 aromatic carbocycles. The average Bonchev–Trinajstić information content (AvgIpc) is 3.01. The number of thioether (sulfide) groups is 1. The molecule has 2 N–H and O–H groups in total. The predicted octanol–water partition coefficient (Wildman–Crippen LogP) is 1.73. The minimum Gasteiger partial charge on any atom is -0.306 e. The maximum atomic E-state index is 11.9. The molecule has 0 aliphatic rings. The number of hydrogen-bond donors (Lipinski definition) is 2. The Kier molecular flexibility index (Phi) is 7.46. The number of aryl methyl sites for hydroxylation is 1. The zero-order valence-corrected chi connectivity index (χ0v) is 15.3. The topological polar surface area (TPSA) is 88.9 Å². The van der Waals surface area contributed by atoms with Crippen LogP contribution in [0.5, 0.6) is 0 Å². The SMILES string of the molecule is CCCc1nnc(SCC(=O)NNC(=O)Cc2ccccc2)n1CC.